The summed E-state index contributed by atoms with van der Waals surface area (Å²) in [7, 11) is 0. The van der Waals surface area contributed by atoms with Crippen LogP contribution in [0.2, 0.25) is 0 Å². The van der Waals surface area contributed by atoms with E-state index in [1.165, 1.54) is 38.8 Å². The van der Waals surface area contributed by atoms with Gasteiger partial charge in [0.15, 0.2) is 0 Å². The number of ether oxygens (including phenoxy) is 1. The van der Waals surface area contributed by atoms with E-state index in [2.05, 4.69) is 20.4 Å². The molecule has 1 aromatic heterocycles. The Morgan fingerprint density at radius 3 is 3.05 bits per heavy atom. The van der Waals surface area contributed by atoms with E-state index in [1.54, 1.807) is 0 Å². The molecule has 5 nitrogen and oxygen atoms in total. The average Bonchev–Trinajstić information content (AvgIpc) is 3.24. The van der Waals surface area contributed by atoms with Crippen LogP contribution in [-0.4, -0.2) is 53.0 Å². The van der Waals surface area contributed by atoms with Crippen molar-refractivity contribution in [3.05, 3.63) is 17.8 Å². The molecule has 120 valence electrons. The lowest BCUT2D eigenvalue weighted by Crippen LogP contribution is -2.48. The average molecular weight is 302 g/mol. The zero-order valence-electron chi connectivity index (χ0n) is 13.4. The third kappa shape index (κ3) is 3.25. The summed E-state index contributed by atoms with van der Waals surface area (Å²) in [5.41, 5.74) is 1.02. The molecule has 22 heavy (non-hydrogen) atoms. The topological polar surface area (TPSA) is 50.3 Å². The fourth-order valence-corrected chi connectivity index (χ4v) is 3.92. The second kappa shape index (κ2) is 5.78. The summed E-state index contributed by atoms with van der Waals surface area (Å²) in [5.74, 6) is 1.83. The number of piperidine rings is 1. The molecule has 3 fully saturated rings. The molecule has 0 unspecified atom stereocenters. The first-order chi connectivity index (χ1) is 10.7. The third-order valence-electron chi connectivity index (χ3n) is 5.19. The monoisotopic (exact) mass is 302 g/mol. The molecule has 2 saturated heterocycles. The maximum atomic E-state index is 6.27. The van der Waals surface area contributed by atoms with Crippen LogP contribution in [0.5, 0.6) is 0 Å². The highest BCUT2D eigenvalue weighted by atomic mass is 16.5. The second-order valence-electron chi connectivity index (χ2n) is 7.38. The summed E-state index contributed by atoms with van der Waals surface area (Å²) < 4.78 is 6.27. The van der Waals surface area contributed by atoms with Gasteiger partial charge in [-0.05, 0) is 57.2 Å². The maximum absolute atomic E-state index is 6.27. The molecule has 1 aromatic rings. The van der Waals surface area contributed by atoms with Gasteiger partial charge in [0, 0.05) is 19.5 Å². The number of nitrogens with one attached hydrogen (secondary N) is 1. The largest absolute Gasteiger partial charge is 0.371 e. The third-order valence-corrected chi connectivity index (χ3v) is 5.19. The summed E-state index contributed by atoms with van der Waals surface area (Å²) in [4.78, 5) is 2.63. The van der Waals surface area contributed by atoms with Crippen LogP contribution in [0.15, 0.2) is 12.1 Å². The Labute approximate surface area is 132 Å². The van der Waals surface area contributed by atoms with Crippen LogP contribution in [0.1, 0.15) is 37.8 Å². The number of rotatable bonds is 4. The second-order valence-corrected chi connectivity index (χ2v) is 7.38. The lowest BCUT2D eigenvalue weighted by Gasteiger charge is -2.39. The molecule has 0 aromatic carbocycles. The molecule has 0 bridgehead atoms. The first-order valence-corrected chi connectivity index (χ1v) is 8.64. The maximum Gasteiger partial charge on any atom is 0.148 e. The van der Waals surface area contributed by atoms with Crippen molar-refractivity contribution in [2.75, 3.05) is 31.6 Å². The highest BCUT2D eigenvalue weighted by Crippen LogP contribution is 2.37. The molecule has 0 amide bonds. The highest BCUT2D eigenvalue weighted by Gasteiger charge is 2.44. The van der Waals surface area contributed by atoms with Gasteiger partial charge in [0.1, 0.15) is 5.82 Å². The summed E-state index contributed by atoms with van der Waals surface area (Å²) in [6.45, 7) is 6.39. The normalized spacial score (nSPS) is 32.5. The Balaban J connectivity index is 1.35. The molecule has 5 heteroatoms. The van der Waals surface area contributed by atoms with Crippen LogP contribution >= 0.6 is 0 Å². The van der Waals surface area contributed by atoms with Gasteiger partial charge in [0.2, 0.25) is 0 Å². The van der Waals surface area contributed by atoms with E-state index >= 15 is 0 Å². The molecule has 0 radical (unpaired) electrons. The van der Waals surface area contributed by atoms with Crippen LogP contribution in [0.25, 0.3) is 0 Å². The molecule has 1 saturated carbocycles. The summed E-state index contributed by atoms with van der Waals surface area (Å²) in [6.07, 6.45) is 6.42. The predicted octanol–water partition coefficient (Wildman–Crippen LogP) is 2.23. The summed E-state index contributed by atoms with van der Waals surface area (Å²) in [5, 5.41) is 11.8. The molecular formula is C17H26N4O. The Kier molecular flexibility index (Phi) is 3.78. The van der Waals surface area contributed by atoms with Crippen molar-refractivity contribution >= 4 is 5.82 Å². The number of hydrogen-bond acceptors (Lipinski definition) is 5. The standard InChI is InChI=1S/C17H26N4O/c1-13-3-6-16(20-19-13)18-15-9-17(22-11-15)7-2-8-21(12-17)10-14-4-5-14/h3,6,14-15H,2,4-5,7-12H2,1H3,(H,18,20)/t15-,17-/m0/s1. The molecular weight excluding hydrogens is 276 g/mol. The number of anilines is 1. The van der Waals surface area contributed by atoms with Gasteiger partial charge in [-0.15, -0.1) is 5.10 Å². The van der Waals surface area contributed by atoms with E-state index in [-0.39, 0.29) is 5.60 Å². The highest BCUT2D eigenvalue weighted by molar-refractivity contribution is 5.34. The van der Waals surface area contributed by atoms with Gasteiger partial charge in [-0.2, -0.15) is 5.10 Å². The molecule has 4 rings (SSSR count). The fraction of sp³-hybridized carbons (Fsp3) is 0.765. The Hall–Kier alpha value is -1.20. The van der Waals surface area contributed by atoms with Crippen molar-refractivity contribution < 1.29 is 4.74 Å². The fourth-order valence-electron chi connectivity index (χ4n) is 3.92. The van der Waals surface area contributed by atoms with Crippen molar-refractivity contribution in [1.82, 2.24) is 15.1 Å². The summed E-state index contributed by atoms with van der Waals surface area (Å²) >= 11 is 0. The molecule has 3 aliphatic rings. The Bertz CT molecular complexity index is 516. The summed E-state index contributed by atoms with van der Waals surface area (Å²) in [6, 6.07) is 4.37. The SMILES string of the molecule is Cc1ccc(N[C@@H]2CO[C@@]3(CCCN(CC4CC4)C3)C2)nn1. The smallest absolute Gasteiger partial charge is 0.148 e. The van der Waals surface area contributed by atoms with E-state index in [1.807, 2.05) is 19.1 Å². The van der Waals surface area contributed by atoms with Crippen LogP contribution in [0, 0.1) is 12.8 Å². The molecule has 2 aliphatic heterocycles. The van der Waals surface area contributed by atoms with Crippen molar-refractivity contribution in [2.45, 2.75) is 50.7 Å². The minimum absolute atomic E-state index is 0.0724. The van der Waals surface area contributed by atoms with Crippen LogP contribution in [0.3, 0.4) is 0 Å². The van der Waals surface area contributed by atoms with Crippen molar-refractivity contribution in [3.63, 3.8) is 0 Å². The van der Waals surface area contributed by atoms with Gasteiger partial charge in [0.25, 0.3) is 0 Å². The lowest BCUT2D eigenvalue weighted by atomic mass is 9.88. The first-order valence-electron chi connectivity index (χ1n) is 8.64. The van der Waals surface area contributed by atoms with Gasteiger partial charge in [0.05, 0.1) is 23.9 Å². The van der Waals surface area contributed by atoms with Crippen molar-refractivity contribution in [2.24, 2.45) is 5.92 Å². The molecule has 1 aliphatic carbocycles. The van der Waals surface area contributed by atoms with Gasteiger partial charge in [-0.3, -0.25) is 0 Å². The van der Waals surface area contributed by atoms with E-state index in [0.29, 0.717) is 6.04 Å². The van der Waals surface area contributed by atoms with Crippen LogP contribution < -0.4 is 5.32 Å². The minimum Gasteiger partial charge on any atom is -0.371 e. The van der Waals surface area contributed by atoms with Gasteiger partial charge >= 0.3 is 0 Å². The Morgan fingerprint density at radius 2 is 2.27 bits per heavy atom. The number of likely N-dealkylation sites (tertiary alicyclic amines) is 1. The zero-order valence-corrected chi connectivity index (χ0v) is 13.4. The van der Waals surface area contributed by atoms with Crippen LogP contribution in [-0.2, 0) is 4.74 Å². The number of aryl methyl sites for hydroxylation is 1. The van der Waals surface area contributed by atoms with E-state index in [9.17, 15) is 0 Å². The molecule has 1 N–H and O–H groups in total. The van der Waals surface area contributed by atoms with Gasteiger partial charge in [-0.1, -0.05) is 0 Å². The predicted molar refractivity (Wildman–Crippen MR) is 85.9 cm³/mol. The number of aromatic nitrogens is 2. The first kappa shape index (κ1) is 14.4. The quantitative estimate of drug-likeness (QED) is 0.924. The van der Waals surface area contributed by atoms with E-state index in [4.69, 9.17) is 4.74 Å². The molecule has 2 atom stereocenters. The zero-order chi connectivity index (χ0) is 15.0. The van der Waals surface area contributed by atoms with Crippen LogP contribution in [0.4, 0.5) is 5.82 Å². The van der Waals surface area contributed by atoms with Gasteiger partial charge in [-0.25, -0.2) is 0 Å². The number of hydrogen-bond donors (Lipinski definition) is 1. The Morgan fingerprint density at radius 1 is 1.36 bits per heavy atom. The van der Waals surface area contributed by atoms with Crippen molar-refractivity contribution in [3.8, 4) is 0 Å². The number of nitrogens with zero attached hydrogens (tertiary/aromatic N) is 3. The van der Waals surface area contributed by atoms with Crippen molar-refractivity contribution in [1.29, 1.82) is 0 Å². The van der Waals surface area contributed by atoms with E-state index in [0.717, 1.165) is 37.0 Å². The molecule has 3 heterocycles. The van der Waals surface area contributed by atoms with Gasteiger partial charge < -0.3 is 15.0 Å². The minimum atomic E-state index is 0.0724. The van der Waals surface area contributed by atoms with E-state index < -0.39 is 0 Å². The lowest BCUT2D eigenvalue weighted by molar-refractivity contribution is -0.0521. The molecule has 1 spiro atoms.